The number of halogens is 1. The normalized spacial score (nSPS) is 15.6. The van der Waals surface area contributed by atoms with E-state index in [1.54, 1.807) is 17.4 Å². The number of hydrogen-bond donors (Lipinski definition) is 1. The van der Waals surface area contributed by atoms with Crippen molar-refractivity contribution in [1.82, 2.24) is 4.98 Å². The summed E-state index contributed by atoms with van der Waals surface area (Å²) in [5.74, 6) is 0.656. The minimum absolute atomic E-state index is 0.0421. The molecule has 1 aliphatic rings. The average molecular weight is 350 g/mol. The Morgan fingerprint density at radius 2 is 2.13 bits per heavy atom. The lowest BCUT2D eigenvalue weighted by atomic mass is 9.92. The molecule has 0 atom stereocenters. The second-order valence-corrected chi connectivity index (χ2v) is 7.09. The van der Waals surface area contributed by atoms with Crippen LogP contribution >= 0.6 is 22.9 Å². The van der Waals surface area contributed by atoms with Crippen LogP contribution in [-0.4, -0.2) is 24.0 Å². The van der Waals surface area contributed by atoms with Crippen LogP contribution in [0.3, 0.4) is 0 Å². The Morgan fingerprint density at radius 3 is 2.83 bits per heavy atom. The summed E-state index contributed by atoms with van der Waals surface area (Å²) in [4.78, 5) is 18.8. The zero-order valence-corrected chi connectivity index (χ0v) is 14.4. The molecular formula is C17H20ClN3OS. The molecule has 3 rings (SSSR count). The molecule has 1 aromatic carbocycles. The molecule has 1 N–H and O–H groups in total. The molecular weight excluding hydrogens is 330 g/mol. The van der Waals surface area contributed by atoms with Crippen molar-refractivity contribution in [2.24, 2.45) is 5.92 Å². The Hall–Kier alpha value is -1.59. The van der Waals surface area contributed by atoms with Gasteiger partial charge in [-0.2, -0.15) is 0 Å². The van der Waals surface area contributed by atoms with Gasteiger partial charge in [0.25, 0.3) is 0 Å². The van der Waals surface area contributed by atoms with Gasteiger partial charge in [0.05, 0.1) is 10.7 Å². The third-order valence-corrected chi connectivity index (χ3v) is 5.39. The molecule has 0 aliphatic carbocycles. The minimum atomic E-state index is 0.0421. The van der Waals surface area contributed by atoms with Crippen molar-refractivity contribution < 1.29 is 4.79 Å². The van der Waals surface area contributed by atoms with E-state index < -0.39 is 0 Å². The molecule has 0 saturated carbocycles. The quantitative estimate of drug-likeness (QED) is 0.868. The average Bonchev–Trinajstić information content (AvgIpc) is 3.10. The number of hydrogen-bond acceptors (Lipinski definition) is 4. The number of aromatic nitrogens is 1. The van der Waals surface area contributed by atoms with Gasteiger partial charge in [0.2, 0.25) is 5.91 Å². The van der Waals surface area contributed by atoms with E-state index in [1.165, 1.54) is 0 Å². The number of piperidine rings is 1. The molecule has 4 nitrogen and oxygen atoms in total. The number of thiazole rings is 1. The predicted molar refractivity (Wildman–Crippen MR) is 96.4 cm³/mol. The van der Waals surface area contributed by atoms with Crippen molar-refractivity contribution in [3.63, 3.8) is 0 Å². The lowest BCUT2D eigenvalue weighted by molar-refractivity contribution is -0.116. The third-order valence-electron chi connectivity index (χ3n) is 4.23. The Labute approximate surface area is 145 Å². The molecule has 0 spiro atoms. The number of carbonyl (C=O) groups excluding carboxylic acids is 1. The van der Waals surface area contributed by atoms with Gasteiger partial charge in [0.1, 0.15) is 0 Å². The first-order valence-corrected chi connectivity index (χ1v) is 9.17. The van der Waals surface area contributed by atoms with Gasteiger partial charge < -0.3 is 10.2 Å². The number of carbonyl (C=O) groups is 1. The first-order valence-electron chi connectivity index (χ1n) is 7.91. The molecule has 2 heterocycles. The van der Waals surface area contributed by atoms with Crippen molar-refractivity contribution in [1.29, 1.82) is 0 Å². The molecule has 0 unspecified atom stereocenters. The summed E-state index contributed by atoms with van der Waals surface area (Å²) in [7, 11) is 0. The topological polar surface area (TPSA) is 45.2 Å². The predicted octanol–water partition coefficient (Wildman–Crippen LogP) is 4.43. The maximum atomic E-state index is 12.1. The van der Waals surface area contributed by atoms with Crippen LogP contribution in [0.25, 0.3) is 0 Å². The summed E-state index contributed by atoms with van der Waals surface area (Å²) in [5, 5.41) is 6.60. The number of nitrogens with zero attached hydrogens (tertiary/aromatic N) is 2. The van der Waals surface area contributed by atoms with E-state index in [0.29, 0.717) is 23.0 Å². The van der Waals surface area contributed by atoms with E-state index in [0.717, 1.165) is 37.5 Å². The van der Waals surface area contributed by atoms with Gasteiger partial charge in [-0.25, -0.2) is 4.98 Å². The largest absolute Gasteiger partial charge is 0.348 e. The maximum Gasteiger partial charge on any atom is 0.224 e. The number of rotatable bonds is 5. The minimum Gasteiger partial charge on any atom is -0.348 e. The van der Waals surface area contributed by atoms with E-state index in [2.05, 4.69) is 15.2 Å². The SMILES string of the molecule is O=C(CCC1CCN(c2nccs2)CC1)Nc1ccccc1Cl. The van der Waals surface area contributed by atoms with Gasteiger partial charge in [-0.3, -0.25) is 4.79 Å². The number of para-hydroxylation sites is 1. The van der Waals surface area contributed by atoms with Crippen LogP contribution in [0, 0.1) is 5.92 Å². The van der Waals surface area contributed by atoms with Gasteiger partial charge in [0, 0.05) is 31.1 Å². The number of amides is 1. The summed E-state index contributed by atoms with van der Waals surface area (Å²) < 4.78 is 0. The van der Waals surface area contributed by atoms with Crippen LogP contribution in [-0.2, 0) is 4.79 Å². The van der Waals surface area contributed by atoms with Crippen LogP contribution in [0.4, 0.5) is 10.8 Å². The van der Waals surface area contributed by atoms with E-state index in [-0.39, 0.29) is 5.91 Å². The molecule has 0 radical (unpaired) electrons. The molecule has 1 fully saturated rings. The summed E-state index contributed by atoms with van der Waals surface area (Å²) in [6.07, 6.45) is 5.58. The van der Waals surface area contributed by atoms with Gasteiger partial charge in [0.15, 0.2) is 5.13 Å². The molecule has 1 saturated heterocycles. The van der Waals surface area contributed by atoms with Gasteiger partial charge in [-0.05, 0) is 37.3 Å². The van der Waals surface area contributed by atoms with Crippen LogP contribution < -0.4 is 10.2 Å². The van der Waals surface area contributed by atoms with Crippen LogP contribution in [0.5, 0.6) is 0 Å². The fourth-order valence-corrected chi connectivity index (χ4v) is 3.78. The smallest absolute Gasteiger partial charge is 0.224 e. The molecule has 1 aliphatic heterocycles. The molecule has 1 aromatic heterocycles. The number of nitrogens with one attached hydrogen (secondary N) is 1. The van der Waals surface area contributed by atoms with E-state index in [1.807, 2.05) is 29.8 Å². The van der Waals surface area contributed by atoms with Gasteiger partial charge >= 0.3 is 0 Å². The number of benzene rings is 1. The molecule has 122 valence electrons. The van der Waals surface area contributed by atoms with Gasteiger partial charge in [-0.1, -0.05) is 23.7 Å². The second-order valence-electron chi connectivity index (χ2n) is 5.81. The lowest BCUT2D eigenvalue weighted by Gasteiger charge is -2.31. The Morgan fingerprint density at radius 1 is 1.35 bits per heavy atom. The summed E-state index contributed by atoms with van der Waals surface area (Å²) in [5.41, 5.74) is 0.692. The first-order chi connectivity index (χ1) is 11.2. The van der Waals surface area contributed by atoms with E-state index >= 15 is 0 Å². The zero-order chi connectivity index (χ0) is 16.1. The zero-order valence-electron chi connectivity index (χ0n) is 12.9. The highest BCUT2D eigenvalue weighted by Crippen LogP contribution is 2.27. The van der Waals surface area contributed by atoms with Crippen molar-refractivity contribution in [2.75, 3.05) is 23.3 Å². The summed E-state index contributed by atoms with van der Waals surface area (Å²) in [6.45, 7) is 2.06. The highest BCUT2D eigenvalue weighted by Gasteiger charge is 2.21. The standard InChI is InChI=1S/C17H20ClN3OS/c18-14-3-1-2-4-15(14)20-16(22)6-5-13-7-10-21(11-8-13)17-19-9-12-23-17/h1-4,9,12-13H,5-8,10-11H2,(H,20,22). The van der Waals surface area contributed by atoms with E-state index in [9.17, 15) is 4.79 Å². The van der Waals surface area contributed by atoms with Crippen LogP contribution in [0.2, 0.25) is 5.02 Å². The first kappa shape index (κ1) is 16.3. The Kier molecular flexibility index (Phi) is 5.51. The summed E-state index contributed by atoms with van der Waals surface area (Å²) in [6, 6.07) is 7.34. The van der Waals surface area contributed by atoms with E-state index in [4.69, 9.17) is 11.6 Å². The highest BCUT2D eigenvalue weighted by molar-refractivity contribution is 7.13. The molecule has 1 amide bonds. The van der Waals surface area contributed by atoms with Crippen molar-refractivity contribution in [3.05, 3.63) is 40.9 Å². The fourth-order valence-electron chi connectivity index (χ4n) is 2.90. The molecule has 23 heavy (non-hydrogen) atoms. The fraction of sp³-hybridized carbons (Fsp3) is 0.412. The summed E-state index contributed by atoms with van der Waals surface area (Å²) >= 11 is 7.75. The van der Waals surface area contributed by atoms with Crippen molar-refractivity contribution >= 4 is 39.7 Å². The Balaban J connectivity index is 1.41. The van der Waals surface area contributed by atoms with Crippen molar-refractivity contribution in [3.8, 4) is 0 Å². The lowest BCUT2D eigenvalue weighted by Crippen LogP contribution is -2.33. The Bertz CT molecular complexity index is 639. The van der Waals surface area contributed by atoms with Crippen LogP contribution in [0.15, 0.2) is 35.8 Å². The highest BCUT2D eigenvalue weighted by atomic mass is 35.5. The molecule has 0 bridgehead atoms. The molecule has 2 aromatic rings. The monoisotopic (exact) mass is 349 g/mol. The third kappa shape index (κ3) is 4.45. The molecule has 6 heteroatoms. The maximum absolute atomic E-state index is 12.1. The van der Waals surface area contributed by atoms with Crippen LogP contribution in [0.1, 0.15) is 25.7 Å². The van der Waals surface area contributed by atoms with Crippen molar-refractivity contribution in [2.45, 2.75) is 25.7 Å². The number of anilines is 2. The van der Waals surface area contributed by atoms with Gasteiger partial charge in [-0.15, -0.1) is 11.3 Å². The second kappa shape index (κ2) is 7.79.